The topological polar surface area (TPSA) is 55.8 Å². The lowest BCUT2D eigenvalue weighted by Crippen LogP contribution is -2.41. The average molecular weight is 259 g/mol. The lowest BCUT2D eigenvalue weighted by Gasteiger charge is -2.27. The van der Waals surface area contributed by atoms with Crippen LogP contribution < -0.4 is 0 Å². The molecule has 0 rings (SSSR count). The number of rotatable bonds is 3. The number of hydrogen-bond acceptors (Lipinski definition) is 4. The fourth-order valence-electron chi connectivity index (χ4n) is 1.16. The van der Waals surface area contributed by atoms with Gasteiger partial charge in [0.15, 0.2) is 0 Å². The van der Waals surface area contributed by atoms with E-state index in [9.17, 15) is 9.59 Å². The third-order valence-corrected chi connectivity index (χ3v) is 1.77. The summed E-state index contributed by atoms with van der Waals surface area (Å²) < 4.78 is 10.4. The van der Waals surface area contributed by atoms with Crippen LogP contribution in [0, 0.1) is 0 Å². The predicted molar refractivity (Wildman–Crippen MR) is 69.3 cm³/mol. The summed E-state index contributed by atoms with van der Waals surface area (Å²) in [5, 5.41) is 0. The van der Waals surface area contributed by atoms with Gasteiger partial charge < -0.3 is 9.47 Å². The molecule has 5 heteroatoms. The molecule has 0 heterocycles. The van der Waals surface area contributed by atoms with Crippen molar-refractivity contribution in [3.63, 3.8) is 0 Å². The molecule has 0 N–H and O–H groups in total. The first-order chi connectivity index (χ1) is 7.94. The Kier molecular flexibility index (Phi) is 5.64. The highest BCUT2D eigenvalue weighted by molar-refractivity contribution is 5.78. The van der Waals surface area contributed by atoms with Crippen molar-refractivity contribution in [3.05, 3.63) is 0 Å². The summed E-state index contributed by atoms with van der Waals surface area (Å²) in [7, 11) is 0. The molecule has 106 valence electrons. The Bertz CT molecular complexity index is 299. The maximum absolute atomic E-state index is 11.8. The summed E-state index contributed by atoms with van der Waals surface area (Å²) in [5.41, 5.74) is -1.12. The van der Waals surface area contributed by atoms with E-state index >= 15 is 0 Å². The molecule has 0 atom stereocenters. The van der Waals surface area contributed by atoms with Gasteiger partial charge in [-0.25, -0.2) is 4.79 Å². The molecule has 0 spiro atoms. The first-order valence-electron chi connectivity index (χ1n) is 6.14. The van der Waals surface area contributed by atoms with Gasteiger partial charge in [-0.1, -0.05) is 0 Å². The maximum Gasteiger partial charge on any atom is 0.410 e. The number of carbonyl (C=O) groups is 2. The number of ether oxygens (including phenoxy) is 2. The van der Waals surface area contributed by atoms with Crippen molar-refractivity contribution in [1.29, 1.82) is 0 Å². The van der Waals surface area contributed by atoms with E-state index in [1.807, 2.05) is 0 Å². The Morgan fingerprint density at radius 3 is 1.72 bits per heavy atom. The minimum Gasteiger partial charge on any atom is -0.459 e. The van der Waals surface area contributed by atoms with Gasteiger partial charge in [0.05, 0.1) is 0 Å². The molecule has 0 aliphatic rings. The Hall–Kier alpha value is -1.26. The number of amides is 1. The van der Waals surface area contributed by atoms with Crippen LogP contribution in [0.5, 0.6) is 0 Å². The van der Waals surface area contributed by atoms with E-state index in [0.29, 0.717) is 6.54 Å². The van der Waals surface area contributed by atoms with Crippen LogP contribution in [-0.2, 0) is 14.3 Å². The van der Waals surface area contributed by atoms with Crippen LogP contribution in [0.25, 0.3) is 0 Å². The van der Waals surface area contributed by atoms with E-state index < -0.39 is 23.3 Å². The molecule has 0 aromatic heterocycles. The van der Waals surface area contributed by atoms with E-state index in [1.54, 1.807) is 48.5 Å². The molecule has 0 aromatic rings. The molecule has 0 aromatic carbocycles. The van der Waals surface area contributed by atoms with Gasteiger partial charge >= 0.3 is 12.1 Å². The largest absolute Gasteiger partial charge is 0.459 e. The van der Waals surface area contributed by atoms with Crippen molar-refractivity contribution in [2.75, 3.05) is 13.1 Å². The fraction of sp³-hybridized carbons (Fsp3) is 0.846. The zero-order valence-electron chi connectivity index (χ0n) is 12.5. The average Bonchev–Trinajstić information content (AvgIpc) is 2.07. The summed E-state index contributed by atoms with van der Waals surface area (Å²) >= 11 is 0. The molecule has 5 nitrogen and oxygen atoms in total. The first kappa shape index (κ1) is 16.7. The minimum atomic E-state index is -0.571. The van der Waals surface area contributed by atoms with Crippen molar-refractivity contribution in [1.82, 2.24) is 4.90 Å². The van der Waals surface area contributed by atoms with E-state index in [1.165, 1.54) is 4.90 Å². The SMILES string of the molecule is CCN(CC(=O)OC(C)(C)C)C(=O)OC(C)(C)C. The molecular weight excluding hydrogens is 234 g/mol. The van der Waals surface area contributed by atoms with Crippen molar-refractivity contribution in [3.8, 4) is 0 Å². The number of nitrogens with zero attached hydrogens (tertiary/aromatic N) is 1. The van der Waals surface area contributed by atoms with Crippen LogP contribution in [0.15, 0.2) is 0 Å². The standard InChI is InChI=1S/C13H25NO4/c1-8-14(11(16)18-13(5,6)7)9-10(15)17-12(2,3)4/h8-9H2,1-7H3. The monoisotopic (exact) mass is 259 g/mol. The predicted octanol–water partition coefficient (Wildman–Crippen LogP) is 2.59. The van der Waals surface area contributed by atoms with Crippen LogP contribution in [0.4, 0.5) is 4.79 Å². The molecule has 1 amide bonds. The second kappa shape index (κ2) is 6.07. The Morgan fingerprint density at radius 1 is 0.944 bits per heavy atom. The third-order valence-electron chi connectivity index (χ3n) is 1.77. The number of carbonyl (C=O) groups excluding carboxylic acids is 2. The highest BCUT2D eigenvalue weighted by atomic mass is 16.6. The summed E-state index contributed by atoms with van der Waals surface area (Å²) in [4.78, 5) is 24.7. The zero-order valence-corrected chi connectivity index (χ0v) is 12.5. The van der Waals surface area contributed by atoms with Crippen molar-refractivity contribution >= 4 is 12.1 Å². The van der Waals surface area contributed by atoms with Crippen LogP contribution in [0.1, 0.15) is 48.5 Å². The van der Waals surface area contributed by atoms with Gasteiger partial charge in [-0.15, -0.1) is 0 Å². The van der Waals surface area contributed by atoms with Crippen LogP contribution in [0.2, 0.25) is 0 Å². The van der Waals surface area contributed by atoms with Crippen LogP contribution >= 0.6 is 0 Å². The molecule has 0 saturated heterocycles. The number of esters is 1. The molecule has 0 fully saturated rings. The minimum absolute atomic E-state index is 0.0946. The summed E-state index contributed by atoms with van der Waals surface area (Å²) in [6.07, 6.45) is -0.504. The molecule has 0 aliphatic heterocycles. The van der Waals surface area contributed by atoms with E-state index in [4.69, 9.17) is 9.47 Å². The van der Waals surface area contributed by atoms with E-state index in [0.717, 1.165) is 0 Å². The smallest absolute Gasteiger partial charge is 0.410 e. The van der Waals surface area contributed by atoms with Gasteiger partial charge in [-0.05, 0) is 48.5 Å². The van der Waals surface area contributed by atoms with Gasteiger partial charge in [-0.3, -0.25) is 9.69 Å². The molecule has 0 unspecified atom stereocenters. The first-order valence-corrected chi connectivity index (χ1v) is 6.14. The molecule has 0 radical (unpaired) electrons. The highest BCUT2D eigenvalue weighted by Gasteiger charge is 2.25. The molecule has 0 bridgehead atoms. The van der Waals surface area contributed by atoms with Gasteiger partial charge in [0, 0.05) is 6.54 Å². The molecule has 18 heavy (non-hydrogen) atoms. The second-order valence-corrected chi connectivity index (χ2v) is 6.08. The van der Waals surface area contributed by atoms with E-state index in [-0.39, 0.29) is 6.54 Å². The molecule has 0 saturated carbocycles. The van der Waals surface area contributed by atoms with Crippen molar-refractivity contribution < 1.29 is 19.1 Å². The van der Waals surface area contributed by atoms with Gasteiger partial charge in [0.25, 0.3) is 0 Å². The van der Waals surface area contributed by atoms with Crippen molar-refractivity contribution in [2.24, 2.45) is 0 Å². The summed E-state index contributed by atoms with van der Waals surface area (Å²) in [5.74, 6) is -0.435. The second-order valence-electron chi connectivity index (χ2n) is 6.08. The normalized spacial score (nSPS) is 11.9. The van der Waals surface area contributed by atoms with E-state index in [2.05, 4.69) is 0 Å². The van der Waals surface area contributed by atoms with Crippen LogP contribution in [0.3, 0.4) is 0 Å². The maximum atomic E-state index is 11.8. The molecular formula is C13H25NO4. The lowest BCUT2D eigenvalue weighted by molar-refractivity contribution is -0.156. The number of hydrogen-bond donors (Lipinski definition) is 0. The van der Waals surface area contributed by atoms with Crippen molar-refractivity contribution in [2.45, 2.75) is 59.7 Å². The summed E-state index contributed by atoms with van der Waals surface area (Å²) in [6, 6.07) is 0. The highest BCUT2D eigenvalue weighted by Crippen LogP contribution is 2.11. The number of likely N-dealkylation sites (N-methyl/N-ethyl adjacent to an activating group) is 1. The Labute approximate surface area is 109 Å². The fourth-order valence-corrected chi connectivity index (χ4v) is 1.16. The van der Waals surface area contributed by atoms with Crippen LogP contribution in [-0.4, -0.2) is 41.3 Å². The Morgan fingerprint density at radius 2 is 1.39 bits per heavy atom. The Balaban J connectivity index is 4.44. The third kappa shape index (κ3) is 7.92. The lowest BCUT2D eigenvalue weighted by atomic mass is 10.2. The zero-order chi connectivity index (χ0) is 14.6. The molecule has 0 aliphatic carbocycles. The quantitative estimate of drug-likeness (QED) is 0.731. The van der Waals surface area contributed by atoms with Gasteiger partial charge in [-0.2, -0.15) is 0 Å². The van der Waals surface area contributed by atoms with Gasteiger partial charge in [0.2, 0.25) is 0 Å². The van der Waals surface area contributed by atoms with Gasteiger partial charge in [0.1, 0.15) is 17.7 Å². The summed E-state index contributed by atoms with van der Waals surface area (Å²) in [6.45, 7) is 12.8.